The van der Waals surface area contributed by atoms with E-state index in [0.29, 0.717) is 5.56 Å². The highest BCUT2D eigenvalue weighted by atomic mass is 19.1. The van der Waals surface area contributed by atoms with Crippen LogP contribution in [0, 0.1) is 12.7 Å². The summed E-state index contributed by atoms with van der Waals surface area (Å²) in [6.07, 6.45) is 3.32. The smallest absolute Gasteiger partial charge is 0.241 e. The first-order valence-corrected chi connectivity index (χ1v) is 7.42. The zero-order valence-electron chi connectivity index (χ0n) is 13.2. The van der Waals surface area contributed by atoms with E-state index in [4.69, 9.17) is 5.11 Å². The molecule has 1 atom stereocenters. The molecule has 0 aliphatic carbocycles. The third-order valence-corrected chi connectivity index (χ3v) is 3.45. The standard InChI is InChI=1S/C16H21FN4O2/c1-11-3-4-13(7-15(11)17)12(2)20-14-8-19-21(9-14)10-16(23)18-5-6-22/h3-4,7-9,12,20,22H,5-6,10H2,1-2H3,(H,18,23). The molecular formula is C16H21FN4O2. The highest BCUT2D eigenvalue weighted by Crippen LogP contribution is 2.20. The monoisotopic (exact) mass is 320 g/mol. The van der Waals surface area contributed by atoms with Crippen LogP contribution < -0.4 is 10.6 Å². The number of aryl methyl sites for hydroxylation is 1. The molecule has 0 saturated carbocycles. The molecule has 1 heterocycles. The van der Waals surface area contributed by atoms with Crippen LogP contribution in [0.25, 0.3) is 0 Å². The van der Waals surface area contributed by atoms with E-state index in [-0.39, 0.29) is 37.5 Å². The molecular weight excluding hydrogens is 299 g/mol. The highest BCUT2D eigenvalue weighted by molar-refractivity contribution is 5.75. The molecule has 0 spiro atoms. The van der Waals surface area contributed by atoms with Crippen molar-refractivity contribution in [3.05, 3.63) is 47.5 Å². The fourth-order valence-electron chi connectivity index (χ4n) is 2.13. The number of carbonyl (C=O) groups excluding carboxylic acids is 1. The number of amides is 1. The van der Waals surface area contributed by atoms with Gasteiger partial charge in [-0.25, -0.2) is 4.39 Å². The summed E-state index contributed by atoms with van der Waals surface area (Å²) in [5, 5.41) is 18.5. The number of nitrogens with one attached hydrogen (secondary N) is 2. The second-order valence-electron chi connectivity index (χ2n) is 5.37. The van der Waals surface area contributed by atoms with Crippen molar-refractivity contribution in [1.29, 1.82) is 0 Å². The van der Waals surface area contributed by atoms with E-state index in [1.165, 1.54) is 10.7 Å². The topological polar surface area (TPSA) is 79.2 Å². The number of rotatable bonds is 7. The number of nitrogens with zero attached hydrogens (tertiary/aromatic N) is 2. The minimum absolute atomic E-state index is 0.0786. The first kappa shape index (κ1) is 17.0. The summed E-state index contributed by atoms with van der Waals surface area (Å²) in [5.74, 6) is -0.449. The summed E-state index contributed by atoms with van der Waals surface area (Å²) in [7, 11) is 0. The number of aromatic nitrogens is 2. The van der Waals surface area contributed by atoms with Gasteiger partial charge in [0.1, 0.15) is 12.4 Å². The van der Waals surface area contributed by atoms with Crippen LogP contribution in [0.2, 0.25) is 0 Å². The maximum absolute atomic E-state index is 13.6. The van der Waals surface area contributed by atoms with Crippen molar-refractivity contribution in [2.75, 3.05) is 18.5 Å². The van der Waals surface area contributed by atoms with E-state index < -0.39 is 0 Å². The average molecular weight is 320 g/mol. The zero-order chi connectivity index (χ0) is 16.8. The van der Waals surface area contributed by atoms with E-state index in [0.717, 1.165) is 11.3 Å². The Bertz CT molecular complexity index is 672. The zero-order valence-corrected chi connectivity index (χ0v) is 13.2. The summed E-state index contributed by atoms with van der Waals surface area (Å²) in [5.41, 5.74) is 2.19. The van der Waals surface area contributed by atoms with Crippen LogP contribution in [0.15, 0.2) is 30.6 Å². The van der Waals surface area contributed by atoms with Crippen molar-refractivity contribution in [3.8, 4) is 0 Å². The van der Waals surface area contributed by atoms with Crippen molar-refractivity contribution in [2.45, 2.75) is 26.4 Å². The second kappa shape index (κ2) is 7.73. The van der Waals surface area contributed by atoms with E-state index >= 15 is 0 Å². The van der Waals surface area contributed by atoms with Crippen LogP contribution in [0.4, 0.5) is 10.1 Å². The largest absolute Gasteiger partial charge is 0.395 e. The van der Waals surface area contributed by atoms with Gasteiger partial charge in [-0.3, -0.25) is 9.48 Å². The number of hydrogen-bond acceptors (Lipinski definition) is 4. The molecule has 1 amide bonds. The summed E-state index contributed by atoms with van der Waals surface area (Å²) < 4.78 is 15.1. The summed E-state index contributed by atoms with van der Waals surface area (Å²) in [6.45, 7) is 3.86. The van der Waals surface area contributed by atoms with Gasteiger partial charge in [-0.15, -0.1) is 0 Å². The summed E-state index contributed by atoms with van der Waals surface area (Å²) >= 11 is 0. The molecule has 3 N–H and O–H groups in total. The van der Waals surface area contributed by atoms with Crippen LogP contribution >= 0.6 is 0 Å². The van der Waals surface area contributed by atoms with Gasteiger partial charge in [0.2, 0.25) is 5.91 Å². The third-order valence-electron chi connectivity index (χ3n) is 3.45. The number of halogens is 1. The van der Waals surface area contributed by atoms with Gasteiger partial charge in [0.15, 0.2) is 0 Å². The van der Waals surface area contributed by atoms with Gasteiger partial charge >= 0.3 is 0 Å². The van der Waals surface area contributed by atoms with Crippen LogP contribution in [0.3, 0.4) is 0 Å². The van der Waals surface area contributed by atoms with E-state index in [1.807, 2.05) is 13.0 Å². The van der Waals surface area contributed by atoms with E-state index in [9.17, 15) is 9.18 Å². The second-order valence-corrected chi connectivity index (χ2v) is 5.37. The maximum Gasteiger partial charge on any atom is 0.241 e. The molecule has 0 bridgehead atoms. The molecule has 7 heteroatoms. The predicted molar refractivity (Wildman–Crippen MR) is 85.5 cm³/mol. The Morgan fingerprint density at radius 2 is 2.26 bits per heavy atom. The van der Waals surface area contributed by atoms with Crippen molar-refractivity contribution >= 4 is 11.6 Å². The van der Waals surface area contributed by atoms with Crippen LogP contribution in [0.1, 0.15) is 24.1 Å². The van der Waals surface area contributed by atoms with Crippen molar-refractivity contribution in [3.63, 3.8) is 0 Å². The molecule has 23 heavy (non-hydrogen) atoms. The van der Waals surface area contributed by atoms with Crippen LogP contribution in [0.5, 0.6) is 0 Å². The van der Waals surface area contributed by atoms with E-state index in [1.54, 1.807) is 25.4 Å². The number of benzene rings is 1. The fraction of sp³-hybridized carbons (Fsp3) is 0.375. The van der Waals surface area contributed by atoms with Crippen molar-refractivity contribution in [1.82, 2.24) is 15.1 Å². The number of aliphatic hydroxyl groups is 1. The quantitative estimate of drug-likeness (QED) is 0.724. The van der Waals surface area contributed by atoms with E-state index in [2.05, 4.69) is 15.7 Å². The van der Waals surface area contributed by atoms with Crippen LogP contribution in [-0.2, 0) is 11.3 Å². The molecule has 0 aliphatic heterocycles. The molecule has 0 saturated heterocycles. The van der Waals surface area contributed by atoms with Crippen molar-refractivity contribution < 1.29 is 14.3 Å². The Morgan fingerprint density at radius 3 is 2.96 bits per heavy atom. The maximum atomic E-state index is 13.6. The number of hydrogen-bond donors (Lipinski definition) is 3. The Morgan fingerprint density at radius 1 is 1.48 bits per heavy atom. The lowest BCUT2D eigenvalue weighted by atomic mass is 10.1. The fourth-order valence-corrected chi connectivity index (χ4v) is 2.13. The summed E-state index contributed by atoms with van der Waals surface area (Å²) in [4.78, 5) is 11.5. The number of aliphatic hydroxyl groups excluding tert-OH is 1. The SMILES string of the molecule is Cc1ccc(C(C)Nc2cnn(CC(=O)NCCO)c2)cc1F. The lowest BCUT2D eigenvalue weighted by Gasteiger charge is -2.14. The van der Waals surface area contributed by atoms with Gasteiger partial charge in [-0.2, -0.15) is 5.10 Å². The Labute approximate surface area is 134 Å². The molecule has 0 aliphatic rings. The molecule has 2 aromatic rings. The Kier molecular flexibility index (Phi) is 5.70. The molecule has 6 nitrogen and oxygen atoms in total. The Balaban J connectivity index is 1.95. The van der Waals surface area contributed by atoms with Gasteiger partial charge in [-0.05, 0) is 31.0 Å². The molecule has 1 aromatic heterocycles. The minimum atomic E-state index is -0.229. The van der Waals surface area contributed by atoms with Gasteiger partial charge in [0.25, 0.3) is 0 Å². The average Bonchev–Trinajstić information content (AvgIpc) is 2.94. The van der Waals surface area contributed by atoms with Gasteiger partial charge < -0.3 is 15.7 Å². The Hall–Kier alpha value is -2.41. The van der Waals surface area contributed by atoms with Gasteiger partial charge in [0, 0.05) is 18.8 Å². The van der Waals surface area contributed by atoms with Crippen LogP contribution in [-0.4, -0.2) is 33.9 Å². The molecule has 0 fully saturated rings. The minimum Gasteiger partial charge on any atom is -0.395 e. The highest BCUT2D eigenvalue weighted by Gasteiger charge is 2.10. The summed E-state index contributed by atoms with van der Waals surface area (Å²) in [6, 6.07) is 5.05. The lowest BCUT2D eigenvalue weighted by molar-refractivity contribution is -0.122. The first-order valence-electron chi connectivity index (χ1n) is 7.42. The predicted octanol–water partition coefficient (Wildman–Crippen LogP) is 1.61. The lowest BCUT2D eigenvalue weighted by Crippen LogP contribution is -2.30. The molecule has 1 unspecified atom stereocenters. The third kappa shape index (κ3) is 4.79. The molecule has 2 rings (SSSR count). The van der Waals surface area contributed by atoms with Crippen molar-refractivity contribution in [2.24, 2.45) is 0 Å². The molecule has 124 valence electrons. The van der Waals surface area contributed by atoms with Gasteiger partial charge in [0.05, 0.1) is 18.5 Å². The van der Waals surface area contributed by atoms with Gasteiger partial charge in [-0.1, -0.05) is 12.1 Å². The molecule has 1 aromatic carbocycles. The number of carbonyl (C=O) groups is 1. The first-order chi connectivity index (χ1) is 11.0. The number of anilines is 1. The normalized spacial score (nSPS) is 12.0. The molecule has 0 radical (unpaired) electrons.